The molecule has 164 valence electrons. The summed E-state index contributed by atoms with van der Waals surface area (Å²) < 4.78 is 32.1. The SMILES string of the molecule is CCN(CC)S(=O)(=O)c1cccc(-c2csc(N/N=C/c3ccc(O)c(OC)c3)n2)c1. The van der Waals surface area contributed by atoms with Gasteiger partial charge in [-0.25, -0.2) is 13.4 Å². The van der Waals surface area contributed by atoms with E-state index in [0.717, 1.165) is 5.56 Å². The number of nitrogens with one attached hydrogen (secondary N) is 1. The Morgan fingerprint density at radius 1 is 1.23 bits per heavy atom. The van der Waals surface area contributed by atoms with Gasteiger partial charge in [0.1, 0.15) is 0 Å². The minimum absolute atomic E-state index is 0.0578. The van der Waals surface area contributed by atoms with E-state index >= 15 is 0 Å². The standard InChI is InChI=1S/C21H24N4O4S2/c1-4-25(5-2)31(27,28)17-8-6-7-16(12-17)18-14-30-21(23-18)24-22-13-15-9-10-19(26)20(11-15)29-3/h6-14,26H,4-5H2,1-3H3,(H,23,24)/b22-13+. The monoisotopic (exact) mass is 460 g/mol. The molecule has 0 atom stereocenters. The first-order chi connectivity index (χ1) is 14.9. The van der Waals surface area contributed by atoms with E-state index in [4.69, 9.17) is 4.74 Å². The minimum atomic E-state index is -3.54. The van der Waals surface area contributed by atoms with E-state index in [0.29, 0.717) is 35.2 Å². The van der Waals surface area contributed by atoms with Crippen LogP contribution in [0.4, 0.5) is 5.13 Å². The molecule has 31 heavy (non-hydrogen) atoms. The van der Waals surface area contributed by atoms with Crippen molar-refractivity contribution < 1.29 is 18.3 Å². The number of hydrazone groups is 1. The van der Waals surface area contributed by atoms with E-state index in [2.05, 4.69) is 15.5 Å². The summed E-state index contributed by atoms with van der Waals surface area (Å²) in [7, 11) is -2.06. The third-order valence-corrected chi connectivity index (χ3v) is 7.35. The van der Waals surface area contributed by atoms with Crippen LogP contribution in [0.25, 0.3) is 11.3 Å². The van der Waals surface area contributed by atoms with E-state index in [1.165, 1.54) is 28.8 Å². The maximum atomic E-state index is 12.8. The van der Waals surface area contributed by atoms with Gasteiger partial charge in [0.15, 0.2) is 11.5 Å². The summed E-state index contributed by atoms with van der Waals surface area (Å²) in [5.74, 6) is 0.419. The van der Waals surface area contributed by atoms with Crippen LogP contribution in [0.3, 0.4) is 0 Å². The molecule has 0 unspecified atom stereocenters. The van der Waals surface area contributed by atoms with Crippen LogP contribution >= 0.6 is 11.3 Å². The number of hydrogen-bond donors (Lipinski definition) is 2. The summed E-state index contributed by atoms with van der Waals surface area (Å²) in [5, 5.41) is 16.2. The van der Waals surface area contributed by atoms with Gasteiger partial charge in [-0.1, -0.05) is 26.0 Å². The summed E-state index contributed by atoms with van der Waals surface area (Å²) in [6.45, 7) is 4.47. The zero-order valence-corrected chi connectivity index (χ0v) is 19.1. The quantitative estimate of drug-likeness (QED) is 0.369. The van der Waals surface area contributed by atoms with Gasteiger partial charge in [0.2, 0.25) is 15.2 Å². The zero-order valence-electron chi connectivity index (χ0n) is 17.4. The van der Waals surface area contributed by atoms with Gasteiger partial charge in [-0.15, -0.1) is 11.3 Å². The number of thiazole rings is 1. The molecule has 2 N–H and O–H groups in total. The van der Waals surface area contributed by atoms with Crippen molar-refractivity contribution in [2.45, 2.75) is 18.7 Å². The van der Waals surface area contributed by atoms with Crippen LogP contribution in [0.1, 0.15) is 19.4 Å². The number of phenols is 1. The van der Waals surface area contributed by atoms with Gasteiger partial charge >= 0.3 is 0 Å². The number of phenolic OH excluding ortho intramolecular Hbond substituents is 1. The highest BCUT2D eigenvalue weighted by Crippen LogP contribution is 2.28. The Morgan fingerprint density at radius 3 is 2.71 bits per heavy atom. The second-order valence-corrected chi connectivity index (χ2v) is 9.25. The third kappa shape index (κ3) is 5.22. The van der Waals surface area contributed by atoms with Crippen LogP contribution in [0.15, 0.2) is 57.8 Å². The first-order valence-corrected chi connectivity index (χ1v) is 11.9. The summed E-state index contributed by atoms with van der Waals surface area (Å²) in [6.07, 6.45) is 1.58. The number of hydrogen-bond acceptors (Lipinski definition) is 8. The van der Waals surface area contributed by atoms with E-state index in [9.17, 15) is 13.5 Å². The molecule has 0 amide bonds. The fourth-order valence-corrected chi connectivity index (χ4v) is 5.10. The molecule has 0 saturated heterocycles. The molecule has 0 aliphatic carbocycles. The van der Waals surface area contributed by atoms with Crippen molar-refractivity contribution in [2.24, 2.45) is 5.10 Å². The number of rotatable bonds is 9. The summed E-state index contributed by atoms with van der Waals surface area (Å²) in [5.41, 5.74) is 4.98. The minimum Gasteiger partial charge on any atom is -0.504 e. The van der Waals surface area contributed by atoms with Gasteiger partial charge in [0, 0.05) is 24.0 Å². The molecule has 3 rings (SSSR count). The van der Waals surface area contributed by atoms with Crippen molar-refractivity contribution in [3.63, 3.8) is 0 Å². The van der Waals surface area contributed by atoms with Crippen LogP contribution in [0.5, 0.6) is 11.5 Å². The number of aromatic nitrogens is 1. The number of benzene rings is 2. The molecule has 1 aromatic heterocycles. The van der Waals surface area contributed by atoms with E-state index in [1.807, 2.05) is 25.3 Å². The van der Waals surface area contributed by atoms with Crippen LogP contribution in [-0.4, -0.2) is 49.2 Å². The lowest BCUT2D eigenvalue weighted by Crippen LogP contribution is -2.30. The molecule has 0 bridgehead atoms. The fraction of sp³-hybridized carbons (Fsp3) is 0.238. The highest BCUT2D eigenvalue weighted by molar-refractivity contribution is 7.89. The van der Waals surface area contributed by atoms with E-state index < -0.39 is 10.0 Å². The fourth-order valence-electron chi connectivity index (χ4n) is 2.92. The Bertz CT molecular complexity index is 1170. The molecule has 8 nitrogen and oxygen atoms in total. The van der Waals surface area contributed by atoms with E-state index in [-0.39, 0.29) is 10.6 Å². The Morgan fingerprint density at radius 2 is 2.00 bits per heavy atom. The second kappa shape index (κ2) is 9.90. The molecular weight excluding hydrogens is 436 g/mol. The third-order valence-electron chi connectivity index (χ3n) is 4.55. The van der Waals surface area contributed by atoms with Gasteiger partial charge in [-0.2, -0.15) is 9.41 Å². The maximum Gasteiger partial charge on any atom is 0.243 e. The number of ether oxygens (including phenoxy) is 1. The molecular formula is C21H24N4O4S2. The van der Waals surface area contributed by atoms with Gasteiger partial charge in [-0.3, -0.25) is 5.43 Å². The molecule has 0 fully saturated rings. The summed E-state index contributed by atoms with van der Waals surface area (Å²) in [6, 6.07) is 11.7. The van der Waals surface area contributed by atoms with Crippen molar-refractivity contribution in [3.05, 3.63) is 53.4 Å². The van der Waals surface area contributed by atoms with Crippen molar-refractivity contribution in [1.82, 2.24) is 9.29 Å². The zero-order chi connectivity index (χ0) is 22.4. The van der Waals surface area contributed by atoms with Crippen LogP contribution in [-0.2, 0) is 10.0 Å². The second-order valence-electron chi connectivity index (χ2n) is 6.46. The molecule has 0 radical (unpaired) electrons. The molecule has 1 heterocycles. The predicted octanol–water partition coefficient (Wildman–Crippen LogP) is 4.00. The Labute approximate surface area is 185 Å². The number of methoxy groups -OCH3 is 1. The van der Waals surface area contributed by atoms with Gasteiger partial charge in [0.25, 0.3) is 0 Å². The van der Waals surface area contributed by atoms with Gasteiger partial charge in [0.05, 0.1) is 23.9 Å². The normalized spacial score (nSPS) is 11.9. The van der Waals surface area contributed by atoms with Crippen molar-refractivity contribution >= 4 is 32.7 Å². The average Bonchev–Trinajstić information content (AvgIpc) is 3.24. The maximum absolute atomic E-state index is 12.8. The molecule has 0 aliphatic rings. The average molecular weight is 461 g/mol. The smallest absolute Gasteiger partial charge is 0.243 e. The molecule has 0 aliphatic heterocycles. The summed E-state index contributed by atoms with van der Waals surface area (Å²) in [4.78, 5) is 4.73. The highest BCUT2D eigenvalue weighted by Gasteiger charge is 2.22. The molecule has 0 spiro atoms. The highest BCUT2D eigenvalue weighted by atomic mass is 32.2. The van der Waals surface area contributed by atoms with Gasteiger partial charge in [-0.05, 0) is 35.9 Å². The predicted molar refractivity (Wildman–Crippen MR) is 124 cm³/mol. The Hall–Kier alpha value is -2.95. The number of sulfonamides is 1. The molecule has 2 aromatic carbocycles. The first kappa shape index (κ1) is 22.7. The van der Waals surface area contributed by atoms with Crippen molar-refractivity contribution in [3.8, 4) is 22.8 Å². The first-order valence-electron chi connectivity index (χ1n) is 9.61. The van der Waals surface area contributed by atoms with Crippen LogP contribution in [0.2, 0.25) is 0 Å². The Balaban J connectivity index is 1.75. The van der Waals surface area contributed by atoms with E-state index in [1.54, 1.807) is 36.5 Å². The van der Waals surface area contributed by atoms with Crippen LogP contribution in [0, 0.1) is 0 Å². The van der Waals surface area contributed by atoms with Crippen molar-refractivity contribution in [2.75, 3.05) is 25.6 Å². The Kier molecular flexibility index (Phi) is 7.26. The number of aromatic hydroxyl groups is 1. The van der Waals surface area contributed by atoms with Crippen molar-refractivity contribution in [1.29, 1.82) is 0 Å². The van der Waals surface area contributed by atoms with Gasteiger partial charge < -0.3 is 9.84 Å². The lowest BCUT2D eigenvalue weighted by Gasteiger charge is -2.18. The van der Waals surface area contributed by atoms with Crippen LogP contribution < -0.4 is 10.2 Å². The lowest BCUT2D eigenvalue weighted by molar-refractivity contribution is 0.373. The largest absolute Gasteiger partial charge is 0.504 e. The number of nitrogens with zero attached hydrogens (tertiary/aromatic N) is 3. The molecule has 10 heteroatoms. The lowest BCUT2D eigenvalue weighted by atomic mass is 10.2. The number of anilines is 1. The molecule has 3 aromatic rings. The molecule has 0 saturated carbocycles. The summed E-state index contributed by atoms with van der Waals surface area (Å²) >= 11 is 1.36. The topological polar surface area (TPSA) is 104 Å².